The van der Waals surface area contributed by atoms with Gasteiger partial charge < -0.3 is 14.6 Å². The molecule has 1 N–H and O–H groups in total. The van der Waals surface area contributed by atoms with Crippen molar-refractivity contribution in [2.24, 2.45) is 0 Å². The third kappa shape index (κ3) is 2.85. The van der Waals surface area contributed by atoms with Gasteiger partial charge in [-0.3, -0.25) is 4.79 Å². The van der Waals surface area contributed by atoms with Gasteiger partial charge in [-0.1, -0.05) is 12.1 Å². The number of carbonyl (C=O) groups excluding carboxylic acids is 1. The number of anilines is 1. The second kappa shape index (κ2) is 6.68. The van der Waals surface area contributed by atoms with E-state index < -0.39 is 0 Å². The topological polar surface area (TPSA) is 71.3 Å². The van der Waals surface area contributed by atoms with Crippen LogP contribution in [-0.2, 0) is 11.2 Å². The number of amides is 1. The minimum absolute atomic E-state index is 0.0459. The first-order valence-electron chi connectivity index (χ1n) is 9.64. The Morgan fingerprint density at radius 2 is 2.07 bits per heavy atom. The number of hydrogen-bond acceptors (Lipinski definition) is 5. The number of furan rings is 1. The van der Waals surface area contributed by atoms with Crippen LogP contribution in [0.2, 0.25) is 0 Å². The summed E-state index contributed by atoms with van der Waals surface area (Å²) in [6.45, 7) is 0.834. The minimum Gasteiger partial charge on any atom is -0.469 e. The number of benzene rings is 1. The van der Waals surface area contributed by atoms with E-state index in [1.54, 1.807) is 12.6 Å². The second-order valence-corrected chi connectivity index (χ2v) is 7.32. The fraction of sp³-hybridized carbons (Fsp3) is 0.381. The van der Waals surface area contributed by atoms with E-state index in [1.165, 1.54) is 0 Å². The van der Waals surface area contributed by atoms with Crippen LogP contribution in [-0.4, -0.2) is 28.5 Å². The summed E-state index contributed by atoms with van der Waals surface area (Å²) in [5.74, 6) is 1.94. The molecule has 5 rings (SSSR count). The zero-order chi connectivity index (χ0) is 18.2. The summed E-state index contributed by atoms with van der Waals surface area (Å²) >= 11 is 0. The van der Waals surface area contributed by atoms with Crippen LogP contribution in [0.4, 0.5) is 5.82 Å². The summed E-state index contributed by atoms with van der Waals surface area (Å²) in [7, 11) is 0. The zero-order valence-electron chi connectivity index (χ0n) is 15.1. The van der Waals surface area contributed by atoms with Crippen LogP contribution in [0.5, 0.6) is 0 Å². The first-order chi connectivity index (χ1) is 13.3. The van der Waals surface area contributed by atoms with Gasteiger partial charge in [0.2, 0.25) is 5.91 Å². The molecule has 3 heterocycles. The summed E-state index contributed by atoms with van der Waals surface area (Å²) in [4.78, 5) is 24.1. The zero-order valence-corrected chi connectivity index (χ0v) is 15.1. The summed E-state index contributed by atoms with van der Waals surface area (Å²) in [6.07, 6.45) is 8.09. The molecule has 0 radical (unpaired) electrons. The molecule has 2 aliphatic rings. The number of hydrogen-bond donors (Lipinski definition) is 1. The quantitative estimate of drug-likeness (QED) is 0.773. The molecule has 1 aliphatic carbocycles. The van der Waals surface area contributed by atoms with Crippen LogP contribution in [0.15, 0.2) is 47.3 Å². The Morgan fingerprint density at radius 3 is 3.04 bits per heavy atom. The molecule has 6 heteroatoms. The molecule has 138 valence electrons. The number of rotatable bonds is 3. The van der Waals surface area contributed by atoms with E-state index in [-0.39, 0.29) is 18.0 Å². The van der Waals surface area contributed by atoms with Crippen LogP contribution in [0.1, 0.15) is 43.0 Å². The molecule has 1 fully saturated rings. The van der Waals surface area contributed by atoms with Gasteiger partial charge in [-0.15, -0.1) is 0 Å². The number of aryl methyl sites for hydroxylation is 1. The molecule has 1 amide bonds. The molecular weight excluding hydrogens is 340 g/mol. The largest absolute Gasteiger partial charge is 0.469 e. The lowest BCUT2D eigenvalue weighted by Crippen LogP contribution is -2.45. The molecular formula is C21H22N4O2. The lowest BCUT2D eigenvalue weighted by atomic mass is 9.93. The molecule has 0 bridgehead atoms. The van der Waals surface area contributed by atoms with E-state index in [2.05, 4.69) is 20.2 Å². The van der Waals surface area contributed by atoms with Gasteiger partial charge in [-0.25, -0.2) is 9.97 Å². The standard InChI is InChI=1S/C21H22N4O2/c26-21(24-17-7-3-9-19-14(17)10-12-27-19)18-8-4-11-25(18)20-15-5-1-2-6-16(15)22-13-23-20/h1-2,5-6,10,12-13,17-18H,3-4,7-9,11H2,(H,24,26)/t17-,18+/m0/s1. The van der Waals surface area contributed by atoms with E-state index >= 15 is 0 Å². The fourth-order valence-electron chi connectivity index (χ4n) is 4.42. The number of fused-ring (bicyclic) bond motifs is 2. The third-order valence-electron chi connectivity index (χ3n) is 5.72. The normalized spacial score (nSPS) is 22.0. The SMILES string of the molecule is O=C(N[C@H]1CCCc2occc21)[C@H]1CCCN1c1ncnc2ccccc12. The smallest absolute Gasteiger partial charge is 0.243 e. The van der Waals surface area contributed by atoms with Crippen molar-refractivity contribution < 1.29 is 9.21 Å². The number of para-hydroxylation sites is 1. The molecule has 27 heavy (non-hydrogen) atoms. The Morgan fingerprint density at radius 1 is 1.15 bits per heavy atom. The molecule has 2 atom stereocenters. The van der Waals surface area contributed by atoms with Crippen molar-refractivity contribution in [3.05, 3.63) is 54.2 Å². The molecule has 0 saturated carbocycles. The van der Waals surface area contributed by atoms with Crippen molar-refractivity contribution in [3.8, 4) is 0 Å². The average molecular weight is 362 g/mol. The van der Waals surface area contributed by atoms with Gasteiger partial charge in [0.15, 0.2) is 0 Å². The van der Waals surface area contributed by atoms with Crippen molar-refractivity contribution in [3.63, 3.8) is 0 Å². The maximum Gasteiger partial charge on any atom is 0.243 e. The predicted molar refractivity (Wildman–Crippen MR) is 102 cm³/mol. The molecule has 0 unspecified atom stereocenters. The highest BCUT2D eigenvalue weighted by molar-refractivity contribution is 5.93. The lowest BCUT2D eigenvalue weighted by molar-refractivity contribution is -0.123. The van der Waals surface area contributed by atoms with Gasteiger partial charge in [0.25, 0.3) is 0 Å². The van der Waals surface area contributed by atoms with Crippen LogP contribution >= 0.6 is 0 Å². The molecule has 0 spiro atoms. The van der Waals surface area contributed by atoms with Crippen LogP contribution in [0, 0.1) is 0 Å². The molecule has 3 aromatic rings. The van der Waals surface area contributed by atoms with Gasteiger partial charge >= 0.3 is 0 Å². The van der Waals surface area contributed by atoms with Crippen molar-refractivity contribution >= 4 is 22.6 Å². The molecule has 2 aromatic heterocycles. The average Bonchev–Trinajstić information content (AvgIpc) is 3.37. The summed E-state index contributed by atoms with van der Waals surface area (Å²) in [5.41, 5.74) is 2.04. The summed E-state index contributed by atoms with van der Waals surface area (Å²) in [6, 6.07) is 9.81. The van der Waals surface area contributed by atoms with Gasteiger partial charge in [0, 0.05) is 23.9 Å². The van der Waals surface area contributed by atoms with E-state index in [9.17, 15) is 4.79 Å². The molecule has 1 aromatic carbocycles. The van der Waals surface area contributed by atoms with E-state index in [4.69, 9.17) is 4.42 Å². The maximum atomic E-state index is 13.1. The Hall–Kier alpha value is -2.89. The predicted octanol–water partition coefficient (Wildman–Crippen LogP) is 3.39. The number of nitrogens with one attached hydrogen (secondary N) is 1. The van der Waals surface area contributed by atoms with Gasteiger partial charge in [-0.05, 0) is 43.9 Å². The van der Waals surface area contributed by atoms with Crippen molar-refractivity contribution in [1.82, 2.24) is 15.3 Å². The summed E-state index contributed by atoms with van der Waals surface area (Å²) in [5, 5.41) is 4.26. The maximum absolute atomic E-state index is 13.1. The van der Waals surface area contributed by atoms with Gasteiger partial charge in [-0.2, -0.15) is 0 Å². The van der Waals surface area contributed by atoms with Crippen LogP contribution < -0.4 is 10.2 Å². The van der Waals surface area contributed by atoms with Gasteiger partial charge in [0.1, 0.15) is 23.9 Å². The fourth-order valence-corrected chi connectivity index (χ4v) is 4.42. The van der Waals surface area contributed by atoms with Crippen molar-refractivity contribution in [2.75, 3.05) is 11.4 Å². The second-order valence-electron chi connectivity index (χ2n) is 7.32. The first kappa shape index (κ1) is 16.3. The Kier molecular flexibility index (Phi) is 4.03. The number of carbonyl (C=O) groups is 1. The summed E-state index contributed by atoms with van der Waals surface area (Å²) < 4.78 is 5.55. The monoisotopic (exact) mass is 362 g/mol. The Balaban J connectivity index is 1.41. The number of nitrogens with zero attached hydrogens (tertiary/aromatic N) is 3. The van der Waals surface area contributed by atoms with E-state index in [0.29, 0.717) is 0 Å². The van der Waals surface area contributed by atoms with Gasteiger partial charge in [0.05, 0.1) is 17.8 Å². The van der Waals surface area contributed by atoms with Crippen LogP contribution in [0.3, 0.4) is 0 Å². The first-order valence-corrected chi connectivity index (χ1v) is 9.64. The molecule has 1 aliphatic heterocycles. The highest BCUT2D eigenvalue weighted by atomic mass is 16.3. The molecule has 1 saturated heterocycles. The van der Waals surface area contributed by atoms with E-state index in [0.717, 1.165) is 66.7 Å². The lowest BCUT2D eigenvalue weighted by Gasteiger charge is -2.29. The third-order valence-corrected chi connectivity index (χ3v) is 5.72. The van der Waals surface area contributed by atoms with E-state index in [1.807, 2.05) is 30.3 Å². The highest BCUT2D eigenvalue weighted by Gasteiger charge is 2.34. The Bertz CT molecular complexity index is 978. The van der Waals surface area contributed by atoms with Crippen molar-refractivity contribution in [1.29, 1.82) is 0 Å². The van der Waals surface area contributed by atoms with Crippen molar-refractivity contribution in [2.45, 2.75) is 44.2 Å². The van der Waals surface area contributed by atoms with Crippen LogP contribution in [0.25, 0.3) is 10.9 Å². The number of aromatic nitrogens is 2. The molecule has 6 nitrogen and oxygen atoms in total. The minimum atomic E-state index is -0.194. The highest BCUT2D eigenvalue weighted by Crippen LogP contribution is 2.33. The Labute approximate surface area is 157 Å².